The van der Waals surface area contributed by atoms with Gasteiger partial charge >= 0.3 is 6.61 Å². The van der Waals surface area contributed by atoms with Crippen LogP contribution in [-0.2, 0) is 0 Å². The van der Waals surface area contributed by atoms with E-state index in [4.69, 9.17) is 0 Å². The number of fused-ring (bicyclic) bond motifs is 1. The molecule has 0 aliphatic heterocycles. The summed E-state index contributed by atoms with van der Waals surface area (Å²) < 4.78 is 68.8. The highest BCUT2D eigenvalue weighted by Crippen LogP contribution is 2.31. The van der Waals surface area contributed by atoms with E-state index in [-0.39, 0.29) is 28.6 Å². The molecule has 2 N–H and O–H groups in total. The first-order chi connectivity index (χ1) is 13.2. The number of amides is 1. The lowest BCUT2D eigenvalue weighted by Gasteiger charge is -2.38. The number of aromatic nitrogens is 1. The number of benzene rings is 1. The number of nitrogens with zero attached hydrogens (tertiary/aromatic N) is 1. The second-order valence-electron chi connectivity index (χ2n) is 6.67. The summed E-state index contributed by atoms with van der Waals surface area (Å²) in [6.07, 6.45) is -0.570. The van der Waals surface area contributed by atoms with Gasteiger partial charge in [0.2, 0.25) is 0 Å². The fourth-order valence-corrected chi connectivity index (χ4v) is 3.10. The molecule has 1 aliphatic carbocycles. The lowest BCUT2D eigenvalue weighted by molar-refractivity contribution is -0.0491. The zero-order chi connectivity index (χ0) is 20.4. The maximum absolute atomic E-state index is 13.5. The Bertz CT molecular complexity index is 858. The van der Waals surface area contributed by atoms with Crippen LogP contribution < -0.4 is 15.4 Å². The largest absolute Gasteiger partial charge is 0.433 e. The van der Waals surface area contributed by atoms with Crippen LogP contribution in [0.5, 0.6) is 5.75 Å². The summed E-state index contributed by atoms with van der Waals surface area (Å²) in [5.41, 5.74) is -0.0572. The molecule has 0 radical (unpaired) electrons. The van der Waals surface area contributed by atoms with Crippen molar-refractivity contribution < 1.29 is 31.5 Å². The van der Waals surface area contributed by atoms with Crippen LogP contribution in [0.1, 0.15) is 30.1 Å². The Kier molecular flexibility index (Phi) is 5.97. The predicted molar refractivity (Wildman–Crippen MR) is 91.2 cm³/mol. The lowest BCUT2D eigenvalue weighted by Crippen LogP contribution is -2.55. The molecule has 152 valence electrons. The molecular formula is C18H18F5N3O2. The van der Waals surface area contributed by atoms with Crippen LogP contribution in [0.15, 0.2) is 24.4 Å². The van der Waals surface area contributed by atoms with Gasteiger partial charge in [-0.2, -0.15) is 8.78 Å². The number of pyridine rings is 1. The minimum absolute atomic E-state index is 0.0492. The minimum atomic E-state index is -3.21. The number of carbonyl (C=O) groups excluding carboxylic acids is 1. The van der Waals surface area contributed by atoms with E-state index in [0.29, 0.717) is 12.8 Å². The van der Waals surface area contributed by atoms with Gasteiger partial charge < -0.3 is 15.4 Å². The molecule has 1 aromatic carbocycles. The Morgan fingerprint density at radius 2 is 1.93 bits per heavy atom. The molecule has 0 bridgehead atoms. The van der Waals surface area contributed by atoms with Crippen molar-refractivity contribution in [3.05, 3.63) is 35.8 Å². The summed E-state index contributed by atoms with van der Waals surface area (Å²) in [6, 6.07) is 1.92. The Hall–Kier alpha value is -2.49. The molecule has 1 aliphatic rings. The number of hydrogen-bond donors (Lipinski definition) is 2. The molecule has 0 unspecified atom stereocenters. The van der Waals surface area contributed by atoms with Crippen LogP contribution in [0.25, 0.3) is 10.9 Å². The van der Waals surface area contributed by atoms with Gasteiger partial charge in [0.05, 0.1) is 11.6 Å². The smallest absolute Gasteiger partial charge is 0.387 e. The maximum atomic E-state index is 13.5. The van der Waals surface area contributed by atoms with Crippen molar-refractivity contribution in [2.45, 2.75) is 50.9 Å². The third-order valence-corrected chi connectivity index (χ3v) is 4.58. The fourth-order valence-electron chi connectivity index (χ4n) is 3.10. The summed E-state index contributed by atoms with van der Waals surface area (Å²) in [7, 11) is 0. The molecule has 1 atom stereocenters. The first-order valence-corrected chi connectivity index (χ1v) is 8.62. The summed E-state index contributed by atoms with van der Waals surface area (Å²) in [5.74, 6) is -1.86. The van der Waals surface area contributed by atoms with Gasteiger partial charge in [-0.05, 0) is 38.0 Å². The Morgan fingerprint density at radius 1 is 1.21 bits per heavy atom. The highest BCUT2D eigenvalue weighted by molar-refractivity contribution is 6.02. The maximum Gasteiger partial charge on any atom is 0.387 e. The molecule has 1 amide bonds. The molecule has 1 heterocycles. The number of ether oxygens (including phenoxy) is 1. The van der Waals surface area contributed by atoms with Crippen LogP contribution in [0.2, 0.25) is 0 Å². The molecule has 0 saturated heterocycles. The fraction of sp³-hybridized carbons (Fsp3) is 0.444. The van der Waals surface area contributed by atoms with E-state index in [1.54, 1.807) is 0 Å². The highest BCUT2D eigenvalue weighted by Gasteiger charge is 2.33. The van der Waals surface area contributed by atoms with E-state index in [0.717, 1.165) is 18.3 Å². The quantitative estimate of drug-likeness (QED) is 0.695. The van der Waals surface area contributed by atoms with E-state index in [1.807, 2.05) is 0 Å². The Morgan fingerprint density at radius 3 is 2.57 bits per heavy atom. The van der Waals surface area contributed by atoms with Gasteiger partial charge in [0, 0.05) is 23.7 Å². The van der Waals surface area contributed by atoms with Crippen molar-refractivity contribution in [1.29, 1.82) is 0 Å². The molecule has 1 saturated carbocycles. The molecule has 5 nitrogen and oxygen atoms in total. The first kappa shape index (κ1) is 20.2. The van der Waals surface area contributed by atoms with Gasteiger partial charge in [-0.25, -0.2) is 13.2 Å². The van der Waals surface area contributed by atoms with Gasteiger partial charge in [0.25, 0.3) is 12.3 Å². The summed E-state index contributed by atoms with van der Waals surface area (Å²) in [4.78, 5) is 16.5. The first-order valence-electron chi connectivity index (χ1n) is 8.62. The standard InChI is InChI=1S/C18H18F5N3O2/c1-8(16(20)21)25-10-5-11(6-10)26-17(27)13-7-24-14-3-2-9(19)4-12(14)15(13)28-18(22)23/h2-4,7-8,10-11,16,18,25H,5-6H2,1H3,(H,26,27)/t8-,10?,11?/m1/s1. The molecule has 3 rings (SSSR count). The molecule has 2 aromatic rings. The molecule has 0 spiro atoms. The summed E-state index contributed by atoms with van der Waals surface area (Å²) in [5, 5.41) is 5.33. The molecule has 10 heteroatoms. The lowest BCUT2D eigenvalue weighted by atomic mass is 9.86. The van der Waals surface area contributed by atoms with Crippen molar-refractivity contribution >= 4 is 16.8 Å². The van der Waals surface area contributed by atoms with Gasteiger partial charge in [-0.3, -0.25) is 9.78 Å². The van der Waals surface area contributed by atoms with Crippen LogP contribution in [0.3, 0.4) is 0 Å². The van der Waals surface area contributed by atoms with Gasteiger partial charge in [-0.1, -0.05) is 0 Å². The van der Waals surface area contributed by atoms with Crippen molar-refractivity contribution in [2.75, 3.05) is 0 Å². The second kappa shape index (κ2) is 8.26. The molecule has 1 aromatic heterocycles. The number of alkyl halides is 4. The Labute approximate surface area is 157 Å². The summed E-state index contributed by atoms with van der Waals surface area (Å²) >= 11 is 0. The van der Waals surface area contributed by atoms with Crippen molar-refractivity contribution in [2.24, 2.45) is 0 Å². The van der Waals surface area contributed by atoms with Crippen LogP contribution >= 0.6 is 0 Å². The monoisotopic (exact) mass is 403 g/mol. The third-order valence-electron chi connectivity index (χ3n) is 4.58. The number of rotatable bonds is 7. The van der Waals surface area contributed by atoms with Crippen LogP contribution in [0, 0.1) is 5.82 Å². The normalized spacial score (nSPS) is 20.3. The summed E-state index contributed by atoms with van der Waals surface area (Å²) in [6.45, 7) is -1.85. The highest BCUT2D eigenvalue weighted by atomic mass is 19.3. The number of nitrogens with one attached hydrogen (secondary N) is 2. The minimum Gasteiger partial charge on any atom is -0.433 e. The van der Waals surface area contributed by atoms with Crippen molar-refractivity contribution in [3.8, 4) is 5.75 Å². The molecule has 28 heavy (non-hydrogen) atoms. The molecular weight excluding hydrogens is 385 g/mol. The van der Waals surface area contributed by atoms with Gasteiger partial charge in [0.15, 0.2) is 0 Å². The van der Waals surface area contributed by atoms with Crippen molar-refractivity contribution in [3.63, 3.8) is 0 Å². The van der Waals surface area contributed by atoms with E-state index >= 15 is 0 Å². The Balaban J connectivity index is 1.73. The second-order valence-corrected chi connectivity index (χ2v) is 6.67. The molecule has 1 fully saturated rings. The average molecular weight is 403 g/mol. The van der Waals surface area contributed by atoms with Crippen LogP contribution in [0.4, 0.5) is 22.0 Å². The topological polar surface area (TPSA) is 63.2 Å². The number of halogens is 5. The number of hydrogen-bond acceptors (Lipinski definition) is 4. The van der Waals surface area contributed by atoms with E-state index in [1.165, 1.54) is 13.0 Å². The van der Waals surface area contributed by atoms with Gasteiger partial charge in [-0.15, -0.1) is 0 Å². The van der Waals surface area contributed by atoms with E-state index < -0.39 is 36.6 Å². The van der Waals surface area contributed by atoms with Crippen molar-refractivity contribution in [1.82, 2.24) is 15.6 Å². The number of carbonyl (C=O) groups is 1. The van der Waals surface area contributed by atoms with Gasteiger partial charge in [0.1, 0.15) is 17.1 Å². The SMILES string of the molecule is C[C@@H](NC1CC(NC(=O)c2cnc3ccc(F)cc3c2OC(F)F)C1)C(F)F. The van der Waals surface area contributed by atoms with E-state index in [9.17, 15) is 26.7 Å². The van der Waals surface area contributed by atoms with E-state index in [2.05, 4.69) is 20.4 Å². The zero-order valence-electron chi connectivity index (χ0n) is 14.8. The van der Waals surface area contributed by atoms with Crippen LogP contribution in [-0.4, -0.2) is 42.1 Å². The third kappa shape index (κ3) is 4.49. The predicted octanol–water partition coefficient (Wildman–Crippen LogP) is 3.48. The average Bonchev–Trinajstić information content (AvgIpc) is 2.59. The zero-order valence-corrected chi connectivity index (χ0v) is 14.8.